The minimum atomic E-state index is -0.0359. The molecule has 2 rings (SSSR count). The molecule has 0 aliphatic carbocycles. The van der Waals surface area contributed by atoms with Crippen LogP contribution in [0.5, 0.6) is 0 Å². The Hall–Kier alpha value is -1.04. The van der Waals surface area contributed by atoms with E-state index in [1.807, 2.05) is 16.7 Å². The number of H-pyrrole nitrogens is 1. The number of thioether (sulfide) groups is 1. The number of hydrogen-bond donors (Lipinski definition) is 1. The van der Waals surface area contributed by atoms with Crippen molar-refractivity contribution in [2.24, 2.45) is 0 Å². The van der Waals surface area contributed by atoms with Crippen LogP contribution < -0.4 is 0 Å². The van der Waals surface area contributed by atoms with E-state index in [-0.39, 0.29) is 5.91 Å². The molecule has 1 unspecified atom stereocenters. The summed E-state index contributed by atoms with van der Waals surface area (Å²) in [6.07, 6.45) is 2.47. The lowest BCUT2D eigenvalue weighted by atomic mass is 10.3. The van der Waals surface area contributed by atoms with Gasteiger partial charge in [-0.05, 0) is 6.42 Å². The molecule has 15 heavy (non-hydrogen) atoms. The largest absolute Gasteiger partial charge is 0.334 e. The molecule has 1 aromatic heterocycles. The second-order valence-corrected chi connectivity index (χ2v) is 4.89. The molecular weight excluding hydrogens is 212 g/mol. The van der Waals surface area contributed by atoms with Gasteiger partial charge in [-0.25, -0.2) is 4.98 Å². The number of nitrogens with zero attached hydrogens (tertiary/aromatic N) is 3. The third-order valence-electron chi connectivity index (χ3n) is 2.50. The van der Waals surface area contributed by atoms with Gasteiger partial charge in [-0.3, -0.25) is 9.89 Å². The van der Waals surface area contributed by atoms with E-state index >= 15 is 0 Å². The van der Waals surface area contributed by atoms with Crippen LogP contribution in [-0.4, -0.2) is 50.1 Å². The molecule has 82 valence electrons. The number of aromatic amines is 1. The summed E-state index contributed by atoms with van der Waals surface area (Å²) in [4.78, 5) is 17.6. The van der Waals surface area contributed by atoms with Crippen LogP contribution >= 0.6 is 11.8 Å². The molecule has 1 atom stereocenters. The van der Waals surface area contributed by atoms with Gasteiger partial charge in [-0.1, -0.05) is 6.92 Å². The molecule has 1 amide bonds. The summed E-state index contributed by atoms with van der Waals surface area (Å²) in [6, 6.07) is 0. The SMILES string of the molecule is CCC1CN(C(=O)c2ncn[nH]2)CCS1. The van der Waals surface area contributed by atoms with Gasteiger partial charge in [0, 0.05) is 24.1 Å². The topological polar surface area (TPSA) is 61.9 Å². The van der Waals surface area contributed by atoms with Crippen molar-refractivity contribution in [2.75, 3.05) is 18.8 Å². The van der Waals surface area contributed by atoms with Crippen molar-refractivity contribution < 1.29 is 4.79 Å². The summed E-state index contributed by atoms with van der Waals surface area (Å²) >= 11 is 1.94. The molecule has 1 aromatic rings. The highest BCUT2D eigenvalue weighted by molar-refractivity contribution is 8.00. The van der Waals surface area contributed by atoms with E-state index in [4.69, 9.17) is 0 Å². The Bertz CT molecular complexity index is 327. The summed E-state index contributed by atoms with van der Waals surface area (Å²) < 4.78 is 0. The predicted octanol–water partition coefficient (Wildman–Crippen LogP) is 0.772. The minimum absolute atomic E-state index is 0.0359. The fourth-order valence-electron chi connectivity index (χ4n) is 1.61. The van der Waals surface area contributed by atoms with E-state index < -0.39 is 0 Å². The van der Waals surface area contributed by atoms with E-state index in [2.05, 4.69) is 22.1 Å². The zero-order valence-electron chi connectivity index (χ0n) is 8.64. The Labute approximate surface area is 92.6 Å². The Morgan fingerprint density at radius 1 is 1.80 bits per heavy atom. The molecule has 2 heterocycles. The van der Waals surface area contributed by atoms with E-state index in [0.717, 1.165) is 25.3 Å². The van der Waals surface area contributed by atoms with Gasteiger partial charge in [0.15, 0.2) is 0 Å². The maximum Gasteiger partial charge on any atom is 0.291 e. The first-order valence-corrected chi connectivity index (χ1v) is 6.12. The van der Waals surface area contributed by atoms with Crippen LogP contribution in [0, 0.1) is 0 Å². The summed E-state index contributed by atoms with van der Waals surface area (Å²) in [5.41, 5.74) is 0. The number of carbonyl (C=O) groups is 1. The molecular formula is C9H14N4OS. The Morgan fingerprint density at radius 2 is 2.67 bits per heavy atom. The van der Waals surface area contributed by atoms with Gasteiger partial charge < -0.3 is 4.90 Å². The van der Waals surface area contributed by atoms with Gasteiger partial charge in [-0.15, -0.1) is 0 Å². The fourth-order valence-corrected chi connectivity index (χ4v) is 2.79. The molecule has 6 heteroatoms. The molecule has 0 saturated carbocycles. The molecule has 5 nitrogen and oxygen atoms in total. The lowest BCUT2D eigenvalue weighted by Crippen LogP contribution is -2.42. The van der Waals surface area contributed by atoms with E-state index in [1.165, 1.54) is 6.33 Å². The zero-order valence-corrected chi connectivity index (χ0v) is 9.46. The maximum absolute atomic E-state index is 11.9. The van der Waals surface area contributed by atoms with Gasteiger partial charge >= 0.3 is 0 Å². The Balaban J connectivity index is 2.01. The standard InChI is InChI=1S/C9H14N4OS/c1-2-7-5-13(3-4-15-7)9(14)8-10-6-11-12-8/h6-7H,2-5H2,1H3,(H,10,11,12). The molecule has 1 aliphatic heterocycles. The number of carbonyl (C=O) groups excluding carboxylic acids is 1. The van der Waals surface area contributed by atoms with Crippen molar-refractivity contribution in [3.05, 3.63) is 12.2 Å². The van der Waals surface area contributed by atoms with Crippen molar-refractivity contribution in [2.45, 2.75) is 18.6 Å². The van der Waals surface area contributed by atoms with Crippen molar-refractivity contribution in [1.29, 1.82) is 0 Å². The lowest BCUT2D eigenvalue weighted by Gasteiger charge is -2.31. The molecule has 1 fully saturated rings. The van der Waals surface area contributed by atoms with Gasteiger partial charge in [0.25, 0.3) is 5.91 Å². The average molecular weight is 226 g/mol. The quantitative estimate of drug-likeness (QED) is 0.809. The highest BCUT2D eigenvalue weighted by atomic mass is 32.2. The molecule has 0 spiro atoms. The number of hydrogen-bond acceptors (Lipinski definition) is 4. The number of rotatable bonds is 2. The molecule has 0 aromatic carbocycles. The Kier molecular flexibility index (Phi) is 3.25. The lowest BCUT2D eigenvalue weighted by molar-refractivity contribution is 0.0749. The van der Waals surface area contributed by atoms with E-state index in [0.29, 0.717) is 11.1 Å². The van der Waals surface area contributed by atoms with Gasteiger partial charge in [0.05, 0.1) is 0 Å². The summed E-state index contributed by atoms with van der Waals surface area (Å²) in [5.74, 6) is 1.32. The third kappa shape index (κ3) is 2.31. The first-order chi connectivity index (χ1) is 7.31. The van der Waals surface area contributed by atoms with Crippen LogP contribution in [0.4, 0.5) is 0 Å². The fraction of sp³-hybridized carbons (Fsp3) is 0.667. The molecule has 0 bridgehead atoms. The maximum atomic E-state index is 11.9. The normalized spacial score (nSPS) is 21.7. The van der Waals surface area contributed by atoms with Crippen LogP contribution in [0.1, 0.15) is 24.0 Å². The average Bonchev–Trinajstić information content (AvgIpc) is 2.81. The molecule has 1 aliphatic rings. The van der Waals surface area contributed by atoms with Crippen LogP contribution in [0.2, 0.25) is 0 Å². The third-order valence-corrected chi connectivity index (χ3v) is 3.87. The van der Waals surface area contributed by atoms with Gasteiger partial charge in [-0.2, -0.15) is 16.9 Å². The molecule has 1 saturated heterocycles. The highest BCUT2D eigenvalue weighted by Crippen LogP contribution is 2.21. The van der Waals surface area contributed by atoms with Crippen LogP contribution in [-0.2, 0) is 0 Å². The van der Waals surface area contributed by atoms with Crippen LogP contribution in [0.25, 0.3) is 0 Å². The summed E-state index contributed by atoms with van der Waals surface area (Å²) in [7, 11) is 0. The summed E-state index contributed by atoms with van der Waals surface area (Å²) in [6.45, 7) is 3.78. The second kappa shape index (κ2) is 4.65. The number of nitrogens with one attached hydrogen (secondary N) is 1. The van der Waals surface area contributed by atoms with Crippen molar-refractivity contribution in [1.82, 2.24) is 20.1 Å². The first-order valence-electron chi connectivity index (χ1n) is 5.07. The van der Waals surface area contributed by atoms with Crippen LogP contribution in [0.3, 0.4) is 0 Å². The monoisotopic (exact) mass is 226 g/mol. The first kappa shape index (κ1) is 10.5. The van der Waals surface area contributed by atoms with E-state index in [1.54, 1.807) is 0 Å². The van der Waals surface area contributed by atoms with Crippen molar-refractivity contribution in [3.63, 3.8) is 0 Å². The number of aromatic nitrogens is 3. The van der Waals surface area contributed by atoms with Gasteiger partial charge in [0.2, 0.25) is 5.82 Å². The number of amides is 1. The van der Waals surface area contributed by atoms with Crippen LogP contribution in [0.15, 0.2) is 6.33 Å². The van der Waals surface area contributed by atoms with E-state index in [9.17, 15) is 4.79 Å². The zero-order chi connectivity index (χ0) is 10.7. The van der Waals surface area contributed by atoms with Crippen molar-refractivity contribution in [3.8, 4) is 0 Å². The van der Waals surface area contributed by atoms with Gasteiger partial charge in [0.1, 0.15) is 6.33 Å². The Morgan fingerprint density at radius 3 is 3.33 bits per heavy atom. The summed E-state index contributed by atoms with van der Waals surface area (Å²) in [5, 5.41) is 6.86. The highest BCUT2D eigenvalue weighted by Gasteiger charge is 2.25. The molecule has 0 radical (unpaired) electrons. The smallest absolute Gasteiger partial charge is 0.291 e. The second-order valence-electron chi connectivity index (χ2n) is 3.49. The predicted molar refractivity (Wildman–Crippen MR) is 58.8 cm³/mol. The minimum Gasteiger partial charge on any atom is -0.334 e. The van der Waals surface area contributed by atoms with Crippen molar-refractivity contribution >= 4 is 17.7 Å². The molecule has 1 N–H and O–H groups in total.